The molecule has 0 unspecified atom stereocenters. The van der Waals surface area contributed by atoms with Gasteiger partial charge in [0, 0.05) is 6.20 Å². The number of aryl methyl sites for hydroxylation is 2. The summed E-state index contributed by atoms with van der Waals surface area (Å²) in [6, 6.07) is 0. The minimum Gasteiger partial charge on any atom is -0.258 e. The van der Waals surface area contributed by atoms with E-state index in [1.165, 1.54) is 0 Å². The second kappa shape index (κ2) is 2.99. The smallest absolute Gasteiger partial charge is 0.0644 e. The van der Waals surface area contributed by atoms with Gasteiger partial charge in [-0.25, -0.2) is 0 Å². The molecule has 0 radical (unpaired) electrons. The largest absolute Gasteiger partial charge is 0.258 e. The van der Waals surface area contributed by atoms with Crippen LogP contribution in [0.2, 0.25) is 0 Å². The molecule has 0 bridgehead atoms. The highest BCUT2D eigenvalue weighted by Gasteiger charge is 2.05. The predicted molar refractivity (Wildman–Crippen MR) is 45.6 cm³/mol. The van der Waals surface area contributed by atoms with E-state index in [0.717, 1.165) is 17.1 Å². The van der Waals surface area contributed by atoms with Crippen LogP contribution in [0.5, 0.6) is 0 Å². The van der Waals surface area contributed by atoms with Crippen molar-refractivity contribution < 1.29 is 0 Å². The lowest BCUT2D eigenvalue weighted by Gasteiger charge is -2.07. The molecular formula is C9H14N2. The van der Waals surface area contributed by atoms with Crippen molar-refractivity contribution in [1.29, 1.82) is 0 Å². The van der Waals surface area contributed by atoms with E-state index in [0.29, 0.717) is 5.92 Å². The second-order valence-corrected chi connectivity index (χ2v) is 3.14. The van der Waals surface area contributed by atoms with Gasteiger partial charge < -0.3 is 0 Å². The van der Waals surface area contributed by atoms with Crippen molar-refractivity contribution in [2.45, 2.75) is 33.6 Å². The van der Waals surface area contributed by atoms with Crippen LogP contribution in [0.4, 0.5) is 0 Å². The lowest BCUT2D eigenvalue weighted by molar-refractivity contribution is 0.786. The molecule has 0 aromatic carbocycles. The van der Waals surface area contributed by atoms with Crippen molar-refractivity contribution in [3.05, 3.63) is 23.3 Å². The molecule has 0 fully saturated rings. The van der Waals surface area contributed by atoms with E-state index in [-0.39, 0.29) is 0 Å². The first kappa shape index (κ1) is 8.18. The highest BCUT2D eigenvalue weighted by atomic mass is 14.8. The summed E-state index contributed by atoms with van der Waals surface area (Å²) in [7, 11) is 0. The zero-order valence-electron chi connectivity index (χ0n) is 7.55. The van der Waals surface area contributed by atoms with Gasteiger partial charge in [-0.1, -0.05) is 13.8 Å². The summed E-state index contributed by atoms with van der Waals surface area (Å²) < 4.78 is 0. The molecule has 1 aromatic rings. The molecule has 1 heterocycles. The third-order valence-electron chi connectivity index (χ3n) is 1.66. The third kappa shape index (κ3) is 1.76. The van der Waals surface area contributed by atoms with Gasteiger partial charge in [0.15, 0.2) is 0 Å². The van der Waals surface area contributed by atoms with E-state index >= 15 is 0 Å². The van der Waals surface area contributed by atoms with Crippen LogP contribution in [-0.4, -0.2) is 9.97 Å². The van der Waals surface area contributed by atoms with Crippen molar-refractivity contribution >= 4 is 0 Å². The monoisotopic (exact) mass is 150 g/mol. The number of aromatic nitrogens is 2. The maximum absolute atomic E-state index is 4.41. The minimum atomic E-state index is 0.474. The van der Waals surface area contributed by atoms with Crippen molar-refractivity contribution in [1.82, 2.24) is 9.97 Å². The Kier molecular flexibility index (Phi) is 2.22. The summed E-state index contributed by atoms with van der Waals surface area (Å²) in [5.41, 5.74) is 3.16. The summed E-state index contributed by atoms with van der Waals surface area (Å²) in [4.78, 5) is 8.65. The molecule has 0 saturated heterocycles. The van der Waals surface area contributed by atoms with Crippen molar-refractivity contribution in [3.8, 4) is 0 Å². The van der Waals surface area contributed by atoms with E-state index in [1.54, 1.807) is 6.20 Å². The average Bonchev–Trinajstić information content (AvgIpc) is 1.94. The summed E-state index contributed by atoms with van der Waals surface area (Å²) in [6.07, 6.45) is 1.81. The molecule has 1 aromatic heterocycles. The minimum absolute atomic E-state index is 0.474. The van der Waals surface area contributed by atoms with Crippen LogP contribution in [0, 0.1) is 13.8 Å². The highest BCUT2D eigenvalue weighted by Crippen LogP contribution is 2.13. The lowest BCUT2D eigenvalue weighted by Crippen LogP contribution is -2.00. The first-order chi connectivity index (χ1) is 5.11. The first-order valence-corrected chi connectivity index (χ1v) is 3.91. The quantitative estimate of drug-likeness (QED) is 0.613. The molecule has 2 nitrogen and oxygen atoms in total. The maximum Gasteiger partial charge on any atom is 0.0644 e. The Morgan fingerprint density at radius 3 is 2.36 bits per heavy atom. The van der Waals surface area contributed by atoms with E-state index < -0.39 is 0 Å². The van der Waals surface area contributed by atoms with Gasteiger partial charge in [-0.05, 0) is 19.8 Å². The van der Waals surface area contributed by atoms with Crippen molar-refractivity contribution in [3.63, 3.8) is 0 Å². The molecule has 0 N–H and O–H groups in total. The molecule has 0 spiro atoms. The molecule has 0 aliphatic heterocycles. The Labute approximate surface area is 67.7 Å². The lowest BCUT2D eigenvalue weighted by atomic mass is 10.1. The third-order valence-corrected chi connectivity index (χ3v) is 1.66. The van der Waals surface area contributed by atoms with Crippen LogP contribution in [0.1, 0.15) is 36.8 Å². The molecule has 0 aliphatic rings. The molecule has 0 aliphatic carbocycles. The molecule has 2 heteroatoms. The van der Waals surface area contributed by atoms with Crippen LogP contribution in [0.3, 0.4) is 0 Å². The van der Waals surface area contributed by atoms with Gasteiger partial charge in [0.05, 0.1) is 17.1 Å². The van der Waals surface area contributed by atoms with E-state index in [1.807, 2.05) is 13.8 Å². The van der Waals surface area contributed by atoms with Crippen molar-refractivity contribution in [2.24, 2.45) is 0 Å². The van der Waals surface area contributed by atoms with Gasteiger partial charge in [0.2, 0.25) is 0 Å². The molecule has 11 heavy (non-hydrogen) atoms. The first-order valence-electron chi connectivity index (χ1n) is 3.91. The fourth-order valence-corrected chi connectivity index (χ4v) is 1.10. The average molecular weight is 150 g/mol. The number of rotatable bonds is 1. The normalized spacial score (nSPS) is 10.6. The summed E-state index contributed by atoms with van der Waals surface area (Å²) in [5, 5.41) is 0. The Hall–Kier alpha value is -0.920. The van der Waals surface area contributed by atoms with Crippen LogP contribution < -0.4 is 0 Å². The SMILES string of the molecule is Cc1cnc(C)c(C(C)C)n1. The van der Waals surface area contributed by atoms with Crippen LogP contribution >= 0.6 is 0 Å². The standard InChI is InChI=1S/C9H14N2/c1-6(2)9-8(4)10-5-7(3)11-9/h5-6H,1-4H3. The molecule has 60 valence electrons. The zero-order valence-corrected chi connectivity index (χ0v) is 7.55. The van der Waals surface area contributed by atoms with Gasteiger partial charge in [-0.2, -0.15) is 0 Å². The summed E-state index contributed by atoms with van der Waals surface area (Å²) in [5.74, 6) is 0.474. The van der Waals surface area contributed by atoms with Gasteiger partial charge in [0.25, 0.3) is 0 Å². The fourth-order valence-electron chi connectivity index (χ4n) is 1.10. The second-order valence-electron chi connectivity index (χ2n) is 3.14. The van der Waals surface area contributed by atoms with Gasteiger partial charge in [-0.3, -0.25) is 9.97 Å². The Morgan fingerprint density at radius 2 is 1.91 bits per heavy atom. The van der Waals surface area contributed by atoms with E-state index in [4.69, 9.17) is 0 Å². The number of nitrogens with zero attached hydrogens (tertiary/aromatic N) is 2. The number of hydrogen-bond donors (Lipinski definition) is 0. The Balaban J connectivity index is 3.13. The van der Waals surface area contributed by atoms with Crippen LogP contribution in [0.15, 0.2) is 6.20 Å². The zero-order chi connectivity index (χ0) is 8.43. The van der Waals surface area contributed by atoms with Crippen molar-refractivity contribution in [2.75, 3.05) is 0 Å². The molecule has 0 atom stereocenters. The van der Waals surface area contributed by atoms with Gasteiger partial charge in [0.1, 0.15) is 0 Å². The van der Waals surface area contributed by atoms with Crippen LogP contribution in [0.25, 0.3) is 0 Å². The van der Waals surface area contributed by atoms with E-state index in [9.17, 15) is 0 Å². The van der Waals surface area contributed by atoms with Gasteiger partial charge >= 0.3 is 0 Å². The summed E-state index contributed by atoms with van der Waals surface area (Å²) >= 11 is 0. The predicted octanol–water partition coefficient (Wildman–Crippen LogP) is 2.22. The maximum atomic E-state index is 4.41. The molecular weight excluding hydrogens is 136 g/mol. The molecule has 1 rings (SSSR count). The number of hydrogen-bond acceptors (Lipinski definition) is 2. The molecule has 0 saturated carbocycles. The van der Waals surface area contributed by atoms with Gasteiger partial charge in [-0.15, -0.1) is 0 Å². The fraction of sp³-hybridized carbons (Fsp3) is 0.556. The Morgan fingerprint density at radius 1 is 1.27 bits per heavy atom. The topological polar surface area (TPSA) is 25.8 Å². The molecule has 0 amide bonds. The Bertz CT molecular complexity index is 254. The highest BCUT2D eigenvalue weighted by molar-refractivity contribution is 5.14. The van der Waals surface area contributed by atoms with Crippen LogP contribution in [-0.2, 0) is 0 Å². The van der Waals surface area contributed by atoms with E-state index in [2.05, 4.69) is 23.8 Å². The summed E-state index contributed by atoms with van der Waals surface area (Å²) in [6.45, 7) is 8.24.